The normalized spacial score (nSPS) is 11.6. The number of carbonyl (C=O) groups excluding carboxylic acids is 1. The molecule has 0 atom stereocenters. The lowest BCUT2D eigenvalue weighted by atomic mass is 10.2. The van der Waals surface area contributed by atoms with Gasteiger partial charge in [0.05, 0.1) is 10.8 Å². The van der Waals surface area contributed by atoms with Gasteiger partial charge in [-0.1, -0.05) is 29.8 Å². The Bertz CT molecular complexity index is 881. The van der Waals surface area contributed by atoms with Crippen LogP contribution in [0.4, 0.5) is 10.1 Å². The summed E-state index contributed by atoms with van der Waals surface area (Å²) < 4.78 is 35.0. The Labute approximate surface area is 144 Å². The first-order valence-corrected chi connectivity index (χ1v) is 8.86. The van der Waals surface area contributed by atoms with Crippen LogP contribution in [0.3, 0.4) is 0 Å². The molecule has 0 aliphatic carbocycles. The highest BCUT2D eigenvalue weighted by molar-refractivity contribution is 7.88. The first-order chi connectivity index (χ1) is 11.2. The average molecular weight is 369 g/mol. The summed E-state index contributed by atoms with van der Waals surface area (Å²) in [6, 6.07) is 10.4. The van der Waals surface area contributed by atoms with Crippen molar-refractivity contribution >= 4 is 39.3 Å². The summed E-state index contributed by atoms with van der Waals surface area (Å²) in [5.41, 5.74) is 1.60. The van der Waals surface area contributed by atoms with Gasteiger partial charge >= 0.3 is 0 Å². The third-order valence-electron chi connectivity index (χ3n) is 2.96. The molecule has 2 aromatic carbocycles. The smallest absolute Gasteiger partial charge is 0.248 e. The van der Waals surface area contributed by atoms with Crippen molar-refractivity contribution in [3.63, 3.8) is 0 Å². The van der Waals surface area contributed by atoms with E-state index in [1.165, 1.54) is 30.4 Å². The van der Waals surface area contributed by atoms with Crippen LogP contribution in [0.2, 0.25) is 5.02 Å². The largest absolute Gasteiger partial charge is 0.323 e. The van der Waals surface area contributed by atoms with E-state index >= 15 is 0 Å². The second-order valence-electron chi connectivity index (χ2n) is 5.00. The lowest BCUT2D eigenvalue weighted by molar-refractivity contribution is -0.111. The van der Waals surface area contributed by atoms with Crippen LogP contribution < -0.4 is 10.5 Å². The van der Waals surface area contributed by atoms with E-state index in [1.807, 2.05) is 0 Å². The number of amides is 1. The summed E-state index contributed by atoms with van der Waals surface area (Å²) in [5, 5.41) is 7.55. The fourth-order valence-electron chi connectivity index (χ4n) is 1.89. The number of halogens is 2. The van der Waals surface area contributed by atoms with E-state index in [0.717, 1.165) is 0 Å². The fraction of sp³-hybridized carbons (Fsp3) is 0.0625. The van der Waals surface area contributed by atoms with Gasteiger partial charge in [0.15, 0.2) is 0 Å². The molecule has 0 aromatic heterocycles. The number of sulfonamides is 1. The van der Waals surface area contributed by atoms with E-state index in [0.29, 0.717) is 16.8 Å². The maximum atomic E-state index is 13.0. The van der Waals surface area contributed by atoms with Crippen molar-refractivity contribution in [2.24, 2.45) is 5.14 Å². The van der Waals surface area contributed by atoms with Crippen molar-refractivity contribution in [3.8, 4) is 0 Å². The molecule has 2 rings (SSSR count). The molecule has 0 saturated carbocycles. The minimum absolute atomic E-state index is 0.0250. The highest BCUT2D eigenvalue weighted by Crippen LogP contribution is 2.17. The molecule has 0 spiro atoms. The van der Waals surface area contributed by atoms with Crippen LogP contribution in [0.25, 0.3) is 6.08 Å². The topological polar surface area (TPSA) is 89.3 Å². The van der Waals surface area contributed by atoms with E-state index in [1.54, 1.807) is 24.3 Å². The molecule has 0 fully saturated rings. The van der Waals surface area contributed by atoms with Crippen molar-refractivity contribution in [2.45, 2.75) is 5.75 Å². The molecular formula is C16H14ClFN2O3S. The van der Waals surface area contributed by atoms with E-state index in [-0.39, 0.29) is 10.8 Å². The number of anilines is 1. The molecule has 0 radical (unpaired) electrons. The maximum absolute atomic E-state index is 13.0. The van der Waals surface area contributed by atoms with Crippen LogP contribution in [0.1, 0.15) is 11.1 Å². The Morgan fingerprint density at radius 3 is 2.46 bits per heavy atom. The number of hydrogen-bond acceptors (Lipinski definition) is 3. The zero-order chi connectivity index (χ0) is 17.7. The molecule has 0 heterocycles. The summed E-state index contributed by atoms with van der Waals surface area (Å²) in [5.74, 6) is -1.19. The Morgan fingerprint density at radius 1 is 1.21 bits per heavy atom. The first kappa shape index (κ1) is 18.1. The summed E-state index contributed by atoms with van der Waals surface area (Å²) in [4.78, 5) is 11.8. The van der Waals surface area contributed by atoms with Gasteiger partial charge < -0.3 is 5.32 Å². The van der Waals surface area contributed by atoms with Gasteiger partial charge in [-0.2, -0.15) is 0 Å². The van der Waals surface area contributed by atoms with E-state index in [2.05, 4.69) is 5.32 Å². The van der Waals surface area contributed by atoms with Crippen molar-refractivity contribution in [2.75, 3.05) is 5.32 Å². The molecule has 5 nitrogen and oxygen atoms in total. The molecular weight excluding hydrogens is 355 g/mol. The van der Waals surface area contributed by atoms with Gasteiger partial charge in [0.1, 0.15) is 5.82 Å². The molecule has 3 N–H and O–H groups in total. The quantitative estimate of drug-likeness (QED) is 0.795. The monoisotopic (exact) mass is 368 g/mol. The van der Waals surface area contributed by atoms with E-state index in [4.69, 9.17) is 16.7 Å². The van der Waals surface area contributed by atoms with Crippen LogP contribution >= 0.6 is 11.6 Å². The zero-order valence-electron chi connectivity index (χ0n) is 12.4. The lowest BCUT2D eigenvalue weighted by Gasteiger charge is -2.04. The number of nitrogens with two attached hydrogens (primary N) is 1. The summed E-state index contributed by atoms with van der Waals surface area (Å²) >= 11 is 5.66. The molecule has 8 heteroatoms. The van der Waals surface area contributed by atoms with Gasteiger partial charge in [-0.25, -0.2) is 17.9 Å². The number of primary sulfonamides is 1. The molecule has 1 amide bonds. The van der Waals surface area contributed by atoms with Gasteiger partial charge in [-0.15, -0.1) is 0 Å². The molecule has 0 saturated heterocycles. The van der Waals surface area contributed by atoms with Crippen molar-refractivity contribution in [1.29, 1.82) is 0 Å². The third-order valence-corrected chi connectivity index (χ3v) is 3.99. The van der Waals surface area contributed by atoms with Gasteiger partial charge in [0.2, 0.25) is 15.9 Å². The number of benzene rings is 2. The van der Waals surface area contributed by atoms with Crippen LogP contribution in [-0.2, 0) is 20.6 Å². The Kier molecular flexibility index (Phi) is 5.71. The van der Waals surface area contributed by atoms with Crippen molar-refractivity contribution in [1.82, 2.24) is 0 Å². The Balaban J connectivity index is 1.99. The second kappa shape index (κ2) is 7.57. The minimum atomic E-state index is -3.59. The van der Waals surface area contributed by atoms with Gasteiger partial charge in [-0.05, 0) is 41.5 Å². The van der Waals surface area contributed by atoms with E-state index < -0.39 is 21.7 Å². The SMILES string of the molecule is NS(=O)(=O)Cc1ccc(NC(=O)/C=C/c2ccc(F)c(Cl)c2)cc1. The van der Waals surface area contributed by atoms with Crippen molar-refractivity contribution in [3.05, 3.63) is 70.5 Å². The van der Waals surface area contributed by atoms with Gasteiger partial charge in [-0.3, -0.25) is 4.79 Å². The third kappa shape index (κ3) is 5.77. The number of carbonyl (C=O) groups is 1. The van der Waals surface area contributed by atoms with Gasteiger partial charge in [0, 0.05) is 11.8 Å². The number of nitrogens with one attached hydrogen (secondary N) is 1. The fourth-order valence-corrected chi connectivity index (χ4v) is 2.73. The summed E-state index contributed by atoms with van der Waals surface area (Å²) in [7, 11) is -3.59. The van der Waals surface area contributed by atoms with Crippen LogP contribution in [0.15, 0.2) is 48.5 Å². The lowest BCUT2D eigenvalue weighted by Crippen LogP contribution is -2.14. The molecule has 0 unspecified atom stereocenters. The zero-order valence-corrected chi connectivity index (χ0v) is 13.9. The predicted molar refractivity (Wildman–Crippen MR) is 92.3 cm³/mol. The summed E-state index contributed by atoms with van der Waals surface area (Å²) in [6.45, 7) is 0. The predicted octanol–water partition coefficient (Wildman–Crippen LogP) is 2.92. The highest BCUT2D eigenvalue weighted by Gasteiger charge is 2.05. The highest BCUT2D eigenvalue weighted by atomic mass is 35.5. The first-order valence-electron chi connectivity index (χ1n) is 6.76. The van der Waals surface area contributed by atoms with Crippen molar-refractivity contribution < 1.29 is 17.6 Å². The Morgan fingerprint density at radius 2 is 1.88 bits per heavy atom. The Hall–Kier alpha value is -2.22. The van der Waals surface area contributed by atoms with E-state index in [9.17, 15) is 17.6 Å². The van der Waals surface area contributed by atoms with Crippen LogP contribution in [-0.4, -0.2) is 14.3 Å². The molecule has 0 aliphatic rings. The molecule has 24 heavy (non-hydrogen) atoms. The number of hydrogen-bond donors (Lipinski definition) is 2. The number of rotatable bonds is 5. The molecule has 2 aromatic rings. The maximum Gasteiger partial charge on any atom is 0.248 e. The molecule has 0 aliphatic heterocycles. The minimum Gasteiger partial charge on any atom is -0.323 e. The van der Waals surface area contributed by atoms with Crippen LogP contribution in [0.5, 0.6) is 0 Å². The summed E-state index contributed by atoms with van der Waals surface area (Å²) in [6.07, 6.45) is 2.78. The van der Waals surface area contributed by atoms with Gasteiger partial charge in [0.25, 0.3) is 0 Å². The average Bonchev–Trinajstić information content (AvgIpc) is 2.49. The van der Waals surface area contributed by atoms with Crippen LogP contribution in [0, 0.1) is 5.82 Å². The standard InChI is InChI=1S/C16H14ClFN2O3S/c17-14-9-11(3-7-15(14)18)4-8-16(21)20-13-5-1-12(2-6-13)10-24(19,22)23/h1-9H,10H2,(H,20,21)(H2,19,22,23)/b8-4+. The second-order valence-corrected chi connectivity index (χ2v) is 7.02. The molecule has 0 bridgehead atoms. The molecule has 126 valence electrons.